The Morgan fingerprint density at radius 3 is 1.83 bits per heavy atom. The van der Waals surface area contributed by atoms with Gasteiger partial charge in [0.2, 0.25) is 0 Å². The molecular formula is C50H29N3S. The molecule has 2 aliphatic rings. The second-order valence-corrected chi connectivity index (χ2v) is 15.3. The van der Waals surface area contributed by atoms with Crippen LogP contribution in [0.5, 0.6) is 0 Å². The van der Waals surface area contributed by atoms with E-state index in [-0.39, 0.29) is 0 Å². The van der Waals surface area contributed by atoms with Crippen LogP contribution in [0.3, 0.4) is 0 Å². The molecule has 4 heteroatoms. The summed E-state index contributed by atoms with van der Waals surface area (Å²) in [5, 5.41) is 5.05. The van der Waals surface area contributed by atoms with Crippen LogP contribution in [0, 0.1) is 0 Å². The molecule has 250 valence electrons. The minimum absolute atomic E-state index is 0.518. The SMILES string of the molecule is c1ccc(-c2nc(-c3ccc4sc5ccccc5c4c3)nc(-c3cccc4c3-c3ccccc3C43c4ccccc4-c4cccc5cccc3c45)n2)cc1. The molecule has 0 saturated heterocycles. The van der Waals surface area contributed by atoms with E-state index in [9.17, 15) is 0 Å². The van der Waals surface area contributed by atoms with Crippen LogP contribution in [0.25, 0.3) is 87.4 Å². The Morgan fingerprint density at radius 2 is 0.963 bits per heavy atom. The molecule has 1 spiro atoms. The van der Waals surface area contributed by atoms with Gasteiger partial charge in [-0.15, -0.1) is 11.3 Å². The summed E-state index contributed by atoms with van der Waals surface area (Å²) in [5.74, 6) is 1.99. The summed E-state index contributed by atoms with van der Waals surface area (Å²) in [4.78, 5) is 15.8. The molecule has 8 aromatic carbocycles. The standard InChI is InChI=1S/C50H29N3S/c1-2-13-31(14-3-1)47-51-48(32-27-28-44-38(29-32)34-18-6-9-26-43(34)54-44)53-49(52-47)37-21-12-25-42-46(37)36-19-5-8-23-40(36)50(42)39-22-7-4-17-33(39)35-20-10-15-30-16-11-24-41(50)45(30)35/h1-29H. The van der Waals surface area contributed by atoms with Crippen molar-refractivity contribution in [3.63, 3.8) is 0 Å². The van der Waals surface area contributed by atoms with Crippen molar-refractivity contribution in [2.75, 3.05) is 0 Å². The smallest absolute Gasteiger partial charge is 0.164 e. The Morgan fingerprint density at radius 1 is 0.370 bits per heavy atom. The summed E-state index contributed by atoms with van der Waals surface area (Å²) in [6.07, 6.45) is 0. The molecule has 2 heterocycles. The van der Waals surface area contributed by atoms with Gasteiger partial charge in [-0.25, -0.2) is 15.0 Å². The minimum Gasteiger partial charge on any atom is -0.208 e. The Bertz CT molecular complexity index is 3170. The summed E-state index contributed by atoms with van der Waals surface area (Å²) < 4.78 is 2.53. The van der Waals surface area contributed by atoms with Crippen LogP contribution in [0.15, 0.2) is 176 Å². The van der Waals surface area contributed by atoms with Gasteiger partial charge >= 0.3 is 0 Å². The van der Waals surface area contributed by atoms with E-state index in [4.69, 9.17) is 15.0 Å². The van der Waals surface area contributed by atoms with Crippen molar-refractivity contribution in [2.45, 2.75) is 5.41 Å². The third-order valence-corrected chi connectivity index (χ3v) is 12.7. The lowest BCUT2D eigenvalue weighted by molar-refractivity contribution is 0.773. The molecule has 2 aliphatic carbocycles. The van der Waals surface area contributed by atoms with Crippen molar-refractivity contribution in [1.29, 1.82) is 0 Å². The van der Waals surface area contributed by atoms with Crippen molar-refractivity contribution >= 4 is 42.3 Å². The van der Waals surface area contributed by atoms with E-state index in [0.29, 0.717) is 17.5 Å². The van der Waals surface area contributed by atoms with Gasteiger partial charge in [-0.3, -0.25) is 0 Å². The highest BCUT2D eigenvalue weighted by atomic mass is 32.1. The van der Waals surface area contributed by atoms with Gasteiger partial charge in [0.25, 0.3) is 0 Å². The van der Waals surface area contributed by atoms with Crippen LogP contribution in [-0.4, -0.2) is 15.0 Å². The maximum atomic E-state index is 5.35. The summed E-state index contributed by atoms with van der Waals surface area (Å²) in [6, 6.07) is 63.7. The fourth-order valence-corrected chi connectivity index (χ4v) is 10.5. The molecule has 0 saturated carbocycles. The van der Waals surface area contributed by atoms with E-state index in [0.717, 1.165) is 16.7 Å². The van der Waals surface area contributed by atoms with E-state index in [1.807, 2.05) is 29.5 Å². The molecule has 0 N–H and O–H groups in total. The number of aromatic nitrogens is 3. The molecule has 2 aromatic heterocycles. The molecule has 0 aliphatic heterocycles. The van der Waals surface area contributed by atoms with Gasteiger partial charge in [-0.1, -0.05) is 152 Å². The predicted molar refractivity (Wildman–Crippen MR) is 223 cm³/mol. The van der Waals surface area contributed by atoms with Gasteiger partial charge in [-0.05, 0) is 79.5 Å². The molecule has 0 amide bonds. The zero-order valence-corrected chi connectivity index (χ0v) is 29.8. The molecule has 1 unspecified atom stereocenters. The van der Waals surface area contributed by atoms with Crippen LogP contribution in [0.4, 0.5) is 0 Å². The van der Waals surface area contributed by atoms with Gasteiger partial charge in [0.1, 0.15) is 0 Å². The highest BCUT2D eigenvalue weighted by molar-refractivity contribution is 7.25. The maximum Gasteiger partial charge on any atom is 0.164 e. The fraction of sp³-hybridized carbons (Fsp3) is 0.0200. The van der Waals surface area contributed by atoms with Crippen molar-refractivity contribution in [1.82, 2.24) is 15.0 Å². The minimum atomic E-state index is -0.518. The van der Waals surface area contributed by atoms with Gasteiger partial charge in [0, 0.05) is 36.9 Å². The lowest BCUT2D eigenvalue weighted by Gasteiger charge is -2.40. The van der Waals surface area contributed by atoms with E-state index in [1.165, 1.54) is 75.5 Å². The Labute approximate surface area is 315 Å². The van der Waals surface area contributed by atoms with Gasteiger partial charge < -0.3 is 0 Å². The highest BCUT2D eigenvalue weighted by Crippen LogP contribution is 2.63. The third-order valence-electron chi connectivity index (χ3n) is 11.5. The van der Waals surface area contributed by atoms with Crippen LogP contribution in [0.2, 0.25) is 0 Å². The normalized spacial score (nSPS) is 15.1. The Hall–Kier alpha value is -6.75. The first-order valence-electron chi connectivity index (χ1n) is 18.4. The van der Waals surface area contributed by atoms with Crippen molar-refractivity contribution in [3.05, 3.63) is 198 Å². The van der Waals surface area contributed by atoms with E-state index in [2.05, 4.69) is 158 Å². The lowest BCUT2D eigenvalue weighted by Crippen LogP contribution is -2.31. The summed E-state index contributed by atoms with van der Waals surface area (Å²) in [6.45, 7) is 0. The number of fused-ring (bicyclic) bond motifs is 12. The number of rotatable bonds is 3. The van der Waals surface area contributed by atoms with Crippen LogP contribution in [-0.2, 0) is 5.41 Å². The number of thiophene rings is 1. The average molecular weight is 704 g/mol. The second kappa shape index (κ2) is 11.1. The summed E-state index contributed by atoms with van der Waals surface area (Å²) in [5.41, 5.74) is 12.5. The zero-order valence-electron chi connectivity index (χ0n) is 29.0. The largest absolute Gasteiger partial charge is 0.208 e. The summed E-state index contributed by atoms with van der Waals surface area (Å²) in [7, 11) is 0. The van der Waals surface area contributed by atoms with Crippen molar-refractivity contribution in [2.24, 2.45) is 0 Å². The molecule has 54 heavy (non-hydrogen) atoms. The van der Waals surface area contributed by atoms with Crippen LogP contribution < -0.4 is 0 Å². The van der Waals surface area contributed by atoms with Crippen molar-refractivity contribution in [3.8, 4) is 56.4 Å². The zero-order chi connectivity index (χ0) is 35.4. The summed E-state index contributed by atoms with van der Waals surface area (Å²) >= 11 is 1.82. The fourth-order valence-electron chi connectivity index (χ4n) is 9.37. The van der Waals surface area contributed by atoms with Crippen LogP contribution >= 0.6 is 11.3 Å². The van der Waals surface area contributed by atoms with E-state index < -0.39 is 5.41 Å². The van der Waals surface area contributed by atoms with E-state index in [1.54, 1.807) is 0 Å². The molecule has 0 bridgehead atoms. The topological polar surface area (TPSA) is 38.7 Å². The third kappa shape index (κ3) is 3.98. The van der Waals surface area contributed by atoms with Gasteiger partial charge in [0.05, 0.1) is 5.41 Å². The maximum absolute atomic E-state index is 5.35. The highest BCUT2D eigenvalue weighted by Gasteiger charge is 2.50. The first-order chi connectivity index (χ1) is 26.8. The lowest BCUT2D eigenvalue weighted by atomic mass is 9.61. The molecule has 1 atom stereocenters. The molecule has 0 fully saturated rings. The number of hydrogen-bond donors (Lipinski definition) is 0. The predicted octanol–water partition coefficient (Wildman–Crippen LogP) is 12.7. The first-order valence-corrected chi connectivity index (χ1v) is 19.2. The molecule has 10 aromatic rings. The molecule has 12 rings (SSSR count). The van der Waals surface area contributed by atoms with Gasteiger partial charge in [0.15, 0.2) is 17.5 Å². The Balaban J connectivity index is 1.16. The van der Waals surface area contributed by atoms with Gasteiger partial charge in [-0.2, -0.15) is 0 Å². The average Bonchev–Trinajstić information content (AvgIpc) is 3.76. The molecule has 0 radical (unpaired) electrons. The first kappa shape index (κ1) is 29.8. The number of hydrogen-bond acceptors (Lipinski definition) is 4. The molecular weight excluding hydrogens is 675 g/mol. The second-order valence-electron chi connectivity index (χ2n) is 14.3. The number of benzene rings is 8. The monoisotopic (exact) mass is 703 g/mol. The Kier molecular flexibility index (Phi) is 6.14. The van der Waals surface area contributed by atoms with Crippen molar-refractivity contribution < 1.29 is 0 Å². The molecule has 3 nitrogen and oxygen atoms in total. The van der Waals surface area contributed by atoms with E-state index >= 15 is 0 Å². The van der Waals surface area contributed by atoms with Crippen LogP contribution in [0.1, 0.15) is 22.3 Å². The number of nitrogens with zero attached hydrogens (tertiary/aromatic N) is 3. The quantitative estimate of drug-likeness (QED) is 0.184.